The number of aliphatic hydroxyl groups excluding tert-OH is 8. The quantitative estimate of drug-likeness (QED) is 0.0370. The second-order valence-electron chi connectivity index (χ2n) is 15.1. The molecular formula is C46H75NO13. The Hall–Kier alpha value is -2.83. The largest absolute Gasteiger partial charge is 0.394 e. The summed E-state index contributed by atoms with van der Waals surface area (Å²) in [5, 5.41) is 86.2. The molecule has 60 heavy (non-hydrogen) atoms. The van der Waals surface area contributed by atoms with Crippen LogP contribution < -0.4 is 5.32 Å². The van der Waals surface area contributed by atoms with E-state index in [2.05, 4.69) is 79.1 Å². The minimum absolute atomic E-state index is 0.236. The van der Waals surface area contributed by atoms with E-state index in [1.165, 1.54) is 0 Å². The second-order valence-corrected chi connectivity index (χ2v) is 15.1. The van der Waals surface area contributed by atoms with E-state index in [0.29, 0.717) is 12.8 Å². The predicted molar refractivity (Wildman–Crippen MR) is 230 cm³/mol. The average Bonchev–Trinajstić information content (AvgIpc) is 3.24. The van der Waals surface area contributed by atoms with E-state index >= 15 is 0 Å². The molecule has 342 valence electrons. The van der Waals surface area contributed by atoms with Crippen LogP contribution in [-0.2, 0) is 23.7 Å². The predicted octanol–water partition coefficient (Wildman–Crippen LogP) is 3.87. The zero-order valence-corrected chi connectivity index (χ0v) is 35.7. The van der Waals surface area contributed by atoms with Crippen LogP contribution in [0.2, 0.25) is 0 Å². The molecule has 14 nitrogen and oxygen atoms in total. The average molecular weight is 850 g/mol. The molecule has 0 aromatic rings. The van der Waals surface area contributed by atoms with Gasteiger partial charge in [0.05, 0.1) is 32.0 Å². The van der Waals surface area contributed by atoms with Crippen molar-refractivity contribution in [3.8, 4) is 0 Å². The fourth-order valence-electron chi connectivity index (χ4n) is 6.55. The van der Waals surface area contributed by atoms with Gasteiger partial charge < -0.3 is 65.1 Å². The summed E-state index contributed by atoms with van der Waals surface area (Å²) in [6, 6.07) is -0.952. The lowest BCUT2D eigenvalue weighted by atomic mass is 9.97. The summed E-state index contributed by atoms with van der Waals surface area (Å²) in [7, 11) is 0. The van der Waals surface area contributed by atoms with Gasteiger partial charge in [-0.1, -0.05) is 105 Å². The normalized spacial score (nSPS) is 29.1. The number of carbonyl (C=O) groups is 1. The van der Waals surface area contributed by atoms with Crippen LogP contribution in [0, 0.1) is 0 Å². The van der Waals surface area contributed by atoms with E-state index in [-0.39, 0.29) is 18.9 Å². The summed E-state index contributed by atoms with van der Waals surface area (Å²) < 4.78 is 22.5. The van der Waals surface area contributed by atoms with Gasteiger partial charge in [-0.3, -0.25) is 4.79 Å². The molecule has 2 saturated heterocycles. The summed E-state index contributed by atoms with van der Waals surface area (Å²) >= 11 is 0. The first-order valence-corrected chi connectivity index (χ1v) is 21.8. The Labute approximate surface area is 357 Å². The lowest BCUT2D eigenvalue weighted by Gasteiger charge is -2.46. The number of hydrogen-bond acceptors (Lipinski definition) is 13. The summed E-state index contributed by atoms with van der Waals surface area (Å²) in [6.07, 6.45) is 23.8. The van der Waals surface area contributed by atoms with Crippen molar-refractivity contribution in [3.05, 3.63) is 85.1 Å². The topological polar surface area (TPSA) is 228 Å². The van der Waals surface area contributed by atoms with E-state index in [1.54, 1.807) is 6.08 Å². The molecule has 12 atom stereocenters. The van der Waals surface area contributed by atoms with Gasteiger partial charge in [0.1, 0.15) is 48.8 Å². The van der Waals surface area contributed by atoms with E-state index in [0.717, 1.165) is 70.6 Å². The molecule has 0 aromatic heterocycles. The minimum atomic E-state index is -1.80. The molecule has 0 spiro atoms. The zero-order valence-electron chi connectivity index (χ0n) is 35.7. The van der Waals surface area contributed by atoms with Crippen LogP contribution in [0.4, 0.5) is 0 Å². The van der Waals surface area contributed by atoms with Gasteiger partial charge in [0, 0.05) is 6.42 Å². The van der Waals surface area contributed by atoms with Gasteiger partial charge in [0.2, 0.25) is 5.91 Å². The Bertz CT molecular complexity index is 1330. The molecule has 2 fully saturated rings. The van der Waals surface area contributed by atoms with Gasteiger partial charge >= 0.3 is 0 Å². The number of allylic oxidation sites excluding steroid dienone is 13. The van der Waals surface area contributed by atoms with E-state index in [1.807, 2.05) is 19.1 Å². The fourth-order valence-corrected chi connectivity index (χ4v) is 6.55. The number of unbranched alkanes of at least 4 members (excludes halogenated alkanes) is 6. The maximum Gasteiger partial charge on any atom is 0.220 e. The van der Waals surface area contributed by atoms with Crippen molar-refractivity contribution in [2.45, 2.75) is 177 Å². The lowest BCUT2D eigenvalue weighted by molar-refractivity contribution is -0.359. The van der Waals surface area contributed by atoms with Crippen LogP contribution in [0.5, 0.6) is 0 Å². The summed E-state index contributed by atoms with van der Waals surface area (Å²) in [5.41, 5.74) is 0. The van der Waals surface area contributed by atoms with Gasteiger partial charge in [-0.2, -0.15) is 0 Å². The van der Waals surface area contributed by atoms with Crippen LogP contribution in [-0.4, -0.2) is 140 Å². The van der Waals surface area contributed by atoms with Gasteiger partial charge in [-0.25, -0.2) is 0 Å². The van der Waals surface area contributed by atoms with Crippen LogP contribution in [0.3, 0.4) is 0 Å². The van der Waals surface area contributed by atoms with Crippen molar-refractivity contribution < 1.29 is 64.6 Å². The molecule has 9 N–H and O–H groups in total. The number of ether oxygens (including phenoxy) is 4. The van der Waals surface area contributed by atoms with Crippen molar-refractivity contribution in [2.75, 3.05) is 19.8 Å². The van der Waals surface area contributed by atoms with Gasteiger partial charge in [0.25, 0.3) is 0 Å². The number of nitrogens with one attached hydrogen (secondary N) is 1. The third-order valence-corrected chi connectivity index (χ3v) is 10.1. The van der Waals surface area contributed by atoms with Crippen LogP contribution in [0.25, 0.3) is 0 Å². The van der Waals surface area contributed by atoms with E-state index < -0.39 is 86.8 Å². The van der Waals surface area contributed by atoms with Crippen molar-refractivity contribution in [3.63, 3.8) is 0 Å². The molecule has 0 aliphatic carbocycles. The maximum atomic E-state index is 13.1. The van der Waals surface area contributed by atoms with Gasteiger partial charge in [-0.05, 0) is 77.6 Å². The Morgan fingerprint density at radius 2 is 1.18 bits per heavy atom. The first kappa shape index (κ1) is 53.3. The highest BCUT2D eigenvalue weighted by Crippen LogP contribution is 2.29. The molecule has 2 aliphatic heterocycles. The number of hydrogen-bond donors (Lipinski definition) is 9. The molecule has 2 aliphatic rings. The van der Waals surface area contributed by atoms with Crippen molar-refractivity contribution in [2.24, 2.45) is 0 Å². The Morgan fingerprint density at radius 3 is 1.82 bits per heavy atom. The Kier molecular flexibility index (Phi) is 29.2. The van der Waals surface area contributed by atoms with Crippen molar-refractivity contribution >= 4 is 5.91 Å². The minimum Gasteiger partial charge on any atom is -0.394 e. The monoisotopic (exact) mass is 850 g/mol. The highest BCUT2D eigenvalue weighted by Gasteiger charge is 2.50. The molecule has 0 bridgehead atoms. The number of rotatable bonds is 30. The molecule has 2 heterocycles. The Morgan fingerprint density at radius 1 is 0.633 bits per heavy atom. The number of carbonyl (C=O) groups excluding carboxylic acids is 1. The molecule has 14 heteroatoms. The maximum absolute atomic E-state index is 13.1. The number of aliphatic hydroxyl groups is 8. The first-order chi connectivity index (χ1) is 29.1. The standard InChI is InChI=1S/C46H75NO13/c1-3-5-7-9-11-13-14-15-16-17-18-19-20-22-24-26-28-30-38(51)47-34(35(50)29-27-25-23-21-12-10-8-6-4-2)33-57-45-43(56)41(54)44(37(32-49)59-45)60-46-42(55)40(53)39(52)36(31-48)58-46/h4-7,11-13,15-16,18-19,21,27,29,34-37,39-46,48-50,52-56H,3,8-10,14,17,20,22-26,28,30-33H2,1-2H3,(H,47,51)/b6-4+,7-5-,13-11-,16-15-,19-18-,21-12+,29-27+. The third-order valence-electron chi connectivity index (χ3n) is 10.1. The highest BCUT2D eigenvalue weighted by molar-refractivity contribution is 5.76. The Balaban J connectivity index is 1.91. The van der Waals surface area contributed by atoms with Crippen LogP contribution in [0.15, 0.2) is 85.1 Å². The molecule has 12 unspecified atom stereocenters. The third kappa shape index (κ3) is 20.8. The molecular weight excluding hydrogens is 774 g/mol. The van der Waals surface area contributed by atoms with Crippen LogP contribution >= 0.6 is 0 Å². The van der Waals surface area contributed by atoms with E-state index in [9.17, 15) is 45.6 Å². The molecule has 2 rings (SSSR count). The van der Waals surface area contributed by atoms with Gasteiger partial charge in [0.15, 0.2) is 12.6 Å². The molecule has 0 aromatic carbocycles. The highest BCUT2D eigenvalue weighted by atomic mass is 16.7. The fraction of sp³-hybridized carbons (Fsp3) is 0.674. The molecule has 0 radical (unpaired) electrons. The van der Waals surface area contributed by atoms with Gasteiger partial charge in [-0.15, -0.1) is 0 Å². The van der Waals surface area contributed by atoms with Crippen molar-refractivity contribution in [1.29, 1.82) is 0 Å². The van der Waals surface area contributed by atoms with Crippen LogP contribution in [0.1, 0.15) is 104 Å². The van der Waals surface area contributed by atoms with E-state index in [4.69, 9.17) is 18.9 Å². The summed E-state index contributed by atoms with van der Waals surface area (Å²) in [5.74, 6) is -0.287. The summed E-state index contributed by atoms with van der Waals surface area (Å²) in [4.78, 5) is 13.1. The van der Waals surface area contributed by atoms with Crippen molar-refractivity contribution in [1.82, 2.24) is 5.32 Å². The summed E-state index contributed by atoms with van der Waals surface area (Å²) in [6.45, 7) is 2.34. The number of amides is 1. The SMILES string of the molecule is C/C=C/CC/C=C/CC/C=C/C(O)C(COC1OC(CO)C(OC2OC(CO)C(O)C(O)C2O)C(O)C1O)NC(=O)CCCCCC/C=C\C/C=C\C/C=C\C/C=C\CC. The zero-order chi connectivity index (χ0) is 44.0. The molecule has 1 amide bonds. The second kappa shape index (κ2) is 32.8. The first-order valence-electron chi connectivity index (χ1n) is 21.8. The lowest BCUT2D eigenvalue weighted by Crippen LogP contribution is -2.65. The molecule has 0 saturated carbocycles. The smallest absolute Gasteiger partial charge is 0.220 e.